The molecule has 0 aromatic heterocycles. The topological polar surface area (TPSA) is 55.8 Å². The standard InChI is InChI=1S/C32H37ClO4Si/c1-6-23-18-24(23)17-22(2)36-31(35)30-25(21-33)19-26(20-29(30)34)37-38(32(3,4)5,27-13-9-7-10-14-27)28-15-11-8-12-16-28/h6-16,19-20,22-24,34H,1,17-18,21H2,2-5H3/t22-,23+,24+/m1/s1. The summed E-state index contributed by atoms with van der Waals surface area (Å²) in [5, 5.41) is 13.0. The van der Waals surface area contributed by atoms with Crippen LogP contribution in [0.2, 0.25) is 5.04 Å². The van der Waals surface area contributed by atoms with Crippen LogP contribution >= 0.6 is 11.6 Å². The molecule has 4 rings (SSSR count). The number of rotatable bonds is 10. The van der Waals surface area contributed by atoms with E-state index in [1.54, 1.807) is 6.07 Å². The second kappa shape index (κ2) is 11.4. The van der Waals surface area contributed by atoms with E-state index in [2.05, 4.69) is 51.6 Å². The molecule has 38 heavy (non-hydrogen) atoms. The van der Waals surface area contributed by atoms with Crippen molar-refractivity contribution in [1.82, 2.24) is 0 Å². The average Bonchev–Trinajstić information content (AvgIpc) is 3.64. The first-order chi connectivity index (χ1) is 18.1. The molecule has 6 heteroatoms. The second-order valence-corrected chi connectivity index (χ2v) is 15.7. The highest BCUT2D eigenvalue weighted by Crippen LogP contribution is 2.43. The Morgan fingerprint density at radius 1 is 1.11 bits per heavy atom. The number of allylic oxidation sites excluding steroid dienone is 1. The molecule has 0 bridgehead atoms. The number of ether oxygens (including phenoxy) is 1. The highest BCUT2D eigenvalue weighted by Gasteiger charge is 2.52. The Morgan fingerprint density at radius 3 is 2.16 bits per heavy atom. The Balaban J connectivity index is 1.70. The maximum Gasteiger partial charge on any atom is 0.342 e. The van der Waals surface area contributed by atoms with E-state index < -0.39 is 14.3 Å². The lowest BCUT2D eigenvalue weighted by Crippen LogP contribution is -2.68. The number of hydrogen-bond donors (Lipinski definition) is 1. The van der Waals surface area contributed by atoms with E-state index >= 15 is 0 Å². The van der Waals surface area contributed by atoms with Crippen molar-refractivity contribution < 1.29 is 19.1 Å². The van der Waals surface area contributed by atoms with Gasteiger partial charge in [-0.3, -0.25) is 0 Å². The largest absolute Gasteiger partial charge is 0.534 e. The molecule has 1 aliphatic carbocycles. The summed E-state index contributed by atoms with van der Waals surface area (Å²) < 4.78 is 12.7. The van der Waals surface area contributed by atoms with Gasteiger partial charge in [0.25, 0.3) is 0 Å². The first-order valence-corrected chi connectivity index (χ1v) is 15.6. The predicted molar refractivity (Wildman–Crippen MR) is 157 cm³/mol. The third-order valence-corrected chi connectivity index (χ3v) is 12.7. The normalized spacial score (nSPS) is 17.9. The van der Waals surface area contributed by atoms with Crippen molar-refractivity contribution in [3.05, 3.63) is 96.6 Å². The summed E-state index contributed by atoms with van der Waals surface area (Å²) in [4.78, 5) is 13.1. The Labute approximate surface area is 232 Å². The Hall–Kier alpha value is -3.02. The van der Waals surface area contributed by atoms with Crippen molar-refractivity contribution in [1.29, 1.82) is 0 Å². The summed E-state index contributed by atoms with van der Waals surface area (Å²) in [5.41, 5.74) is 0.574. The summed E-state index contributed by atoms with van der Waals surface area (Å²) in [5.74, 6) is 0.747. The number of phenols is 1. The summed E-state index contributed by atoms with van der Waals surface area (Å²) in [6, 6.07) is 23.8. The van der Waals surface area contributed by atoms with Crippen LogP contribution in [0.1, 0.15) is 56.5 Å². The van der Waals surface area contributed by atoms with E-state index in [-0.39, 0.29) is 28.3 Å². The molecule has 3 atom stereocenters. The number of carbonyl (C=O) groups is 1. The summed E-state index contributed by atoms with van der Waals surface area (Å²) in [6.07, 6.45) is 3.54. The number of benzene rings is 3. The maximum atomic E-state index is 13.1. The molecule has 1 aliphatic rings. The molecule has 3 aromatic rings. The number of aromatic hydroxyl groups is 1. The minimum atomic E-state index is -2.92. The summed E-state index contributed by atoms with van der Waals surface area (Å²) in [6.45, 7) is 12.3. The highest BCUT2D eigenvalue weighted by atomic mass is 35.5. The van der Waals surface area contributed by atoms with Crippen molar-refractivity contribution in [2.45, 2.75) is 57.6 Å². The van der Waals surface area contributed by atoms with Crippen LogP contribution in [0.3, 0.4) is 0 Å². The number of esters is 1. The number of halogens is 1. The molecule has 1 N–H and O–H groups in total. The summed E-state index contributed by atoms with van der Waals surface area (Å²) in [7, 11) is -2.92. The van der Waals surface area contributed by atoms with Gasteiger partial charge in [-0.25, -0.2) is 4.79 Å². The molecule has 0 amide bonds. The number of carbonyl (C=O) groups excluding carboxylic acids is 1. The zero-order valence-electron chi connectivity index (χ0n) is 22.6. The van der Waals surface area contributed by atoms with Crippen LogP contribution in [0.15, 0.2) is 85.5 Å². The Morgan fingerprint density at radius 2 is 1.68 bits per heavy atom. The van der Waals surface area contributed by atoms with Crippen LogP contribution < -0.4 is 14.8 Å². The van der Waals surface area contributed by atoms with Gasteiger partial charge < -0.3 is 14.3 Å². The van der Waals surface area contributed by atoms with Crippen LogP contribution in [0.5, 0.6) is 11.5 Å². The van der Waals surface area contributed by atoms with Crippen LogP contribution in [-0.4, -0.2) is 25.5 Å². The van der Waals surface area contributed by atoms with Crippen LogP contribution in [0.25, 0.3) is 0 Å². The zero-order valence-corrected chi connectivity index (χ0v) is 24.4. The lowest BCUT2D eigenvalue weighted by atomic mass is 10.1. The van der Waals surface area contributed by atoms with Gasteiger partial charge in [0, 0.05) is 11.9 Å². The molecular formula is C32H37ClO4Si. The fraction of sp³-hybridized carbons (Fsp3) is 0.344. The second-order valence-electron chi connectivity index (χ2n) is 11.2. The van der Waals surface area contributed by atoms with Crippen molar-refractivity contribution in [2.75, 3.05) is 0 Å². The molecular weight excluding hydrogens is 512 g/mol. The monoisotopic (exact) mass is 548 g/mol. The third kappa shape index (κ3) is 5.69. The van der Waals surface area contributed by atoms with E-state index in [9.17, 15) is 9.90 Å². The predicted octanol–water partition coefficient (Wildman–Crippen LogP) is 6.83. The molecule has 1 fully saturated rings. The lowest BCUT2D eigenvalue weighted by Gasteiger charge is -2.43. The van der Waals surface area contributed by atoms with Gasteiger partial charge in [0.05, 0.1) is 6.10 Å². The summed E-state index contributed by atoms with van der Waals surface area (Å²) >= 11 is 6.31. The molecule has 200 valence electrons. The number of hydrogen-bond acceptors (Lipinski definition) is 4. The molecule has 1 saturated carbocycles. The molecule has 0 aliphatic heterocycles. The van der Waals surface area contributed by atoms with Crippen molar-refractivity contribution in [2.24, 2.45) is 11.8 Å². The van der Waals surface area contributed by atoms with E-state index in [1.165, 1.54) is 6.07 Å². The highest BCUT2D eigenvalue weighted by molar-refractivity contribution is 7.00. The van der Waals surface area contributed by atoms with Gasteiger partial charge in [-0.2, -0.15) is 0 Å². The van der Waals surface area contributed by atoms with Crippen molar-refractivity contribution in [3.63, 3.8) is 0 Å². The van der Waals surface area contributed by atoms with Crippen LogP contribution in [-0.2, 0) is 10.6 Å². The fourth-order valence-electron chi connectivity index (χ4n) is 5.43. The number of alkyl halides is 1. The van der Waals surface area contributed by atoms with Gasteiger partial charge >= 0.3 is 14.3 Å². The van der Waals surface area contributed by atoms with E-state index in [0.29, 0.717) is 23.1 Å². The minimum Gasteiger partial charge on any atom is -0.534 e. The minimum absolute atomic E-state index is 0.0332. The maximum absolute atomic E-state index is 13.1. The van der Waals surface area contributed by atoms with Crippen LogP contribution in [0.4, 0.5) is 0 Å². The van der Waals surface area contributed by atoms with Crippen molar-refractivity contribution >= 4 is 36.3 Å². The van der Waals surface area contributed by atoms with E-state index in [0.717, 1.165) is 23.2 Å². The SMILES string of the molecule is C=C[C@H]1C[C@@H]1C[C@@H](C)OC(=O)c1c(O)cc(O[Si](c2ccccc2)(c2ccccc2)C(C)(C)C)cc1CCl. The fourth-order valence-corrected chi connectivity index (χ4v) is 10.0. The molecule has 0 unspecified atom stereocenters. The molecule has 3 aromatic carbocycles. The van der Waals surface area contributed by atoms with Gasteiger partial charge in [-0.05, 0) is 58.6 Å². The smallest absolute Gasteiger partial charge is 0.342 e. The molecule has 0 spiro atoms. The van der Waals surface area contributed by atoms with Crippen molar-refractivity contribution in [3.8, 4) is 11.5 Å². The van der Waals surface area contributed by atoms with Gasteiger partial charge in [0.1, 0.15) is 17.1 Å². The van der Waals surface area contributed by atoms with E-state index in [4.69, 9.17) is 20.8 Å². The molecule has 0 radical (unpaired) electrons. The molecule has 0 saturated heterocycles. The first-order valence-electron chi connectivity index (χ1n) is 13.2. The van der Waals surface area contributed by atoms with Gasteiger partial charge in [-0.1, -0.05) is 87.5 Å². The van der Waals surface area contributed by atoms with Gasteiger partial charge in [0.15, 0.2) is 0 Å². The average molecular weight is 549 g/mol. The lowest BCUT2D eigenvalue weighted by molar-refractivity contribution is 0.0307. The number of phenolic OH excluding ortho intramolecular Hbond substituents is 1. The zero-order chi connectivity index (χ0) is 27.5. The Bertz CT molecular complexity index is 1230. The quantitative estimate of drug-likeness (QED) is 0.131. The third-order valence-electron chi connectivity index (χ3n) is 7.43. The van der Waals surface area contributed by atoms with Gasteiger partial charge in [0.2, 0.25) is 0 Å². The first kappa shape index (κ1) is 28.0. The van der Waals surface area contributed by atoms with E-state index in [1.807, 2.05) is 49.4 Å². The van der Waals surface area contributed by atoms with Gasteiger partial charge in [-0.15, -0.1) is 18.2 Å². The molecule has 4 nitrogen and oxygen atoms in total. The van der Waals surface area contributed by atoms with Crippen LogP contribution in [0, 0.1) is 11.8 Å². The molecule has 0 heterocycles. The Kier molecular flexibility index (Phi) is 8.39.